The van der Waals surface area contributed by atoms with Crippen LogP contribution in [0.15, 0.2) is 12.1 Å². The Morgan fingerprint density at radius 1 is 0.947 bits per heavy atom. The van der Waals surface area contributed by atoms with E-state index in [0.29, 0.717) is 11.4 Å². The second-order valence-corrected chi connectivity index (χ2v) is 5.75. The predicted octanol–water partition coefficient (Wildman–Crippen LogP) is 3.04. The van der Waals surface area contributed by atoms with E-state index in [9.17, 15) is 0 Å². The van der Waals surface area contributed by atoms with Gasteiger partial charge in [-0.2, -0.15) is 0 Å². The maximum absolute atomic E-state index is 6.10. The minimum absolute atomic E-state index is 0.0855. The van der Waals surface area contributed by atoms with E-state index >= 15 is 0 Å². The van der Waals surface area contributed by atoms with Crippen LogP contribution in [-0.4, -0.2) is 21.3 Å². The molecule has 4 heteroatoms. The molecule has 0 heterocycles. The first-order chi connectivity index (χ1) is 8.69. The summed E-state index contributed by atoms with van der Waals surface area (Å²) in [4.78, 5) is 0. The Kier molecular flexibility index (Phi) is 4.48. The average molecular weight is 267 g/mol. The summed E-state index contributed by atoms with van der Waals surface area (Å²) in [6.07, 6.45) is 0. The molecule has 0 unspecified atom stereocenters. The maximum atomic E-state index is 6.10. The van der Waals surface area contributed by atoms with Crippen molar-refractivity contribution >= 4 is 5.69 Å². The van der Waals surface area contributed by atoms with Crippen molar-refractivity contribution in [1.82, 2.24) is 0 Å². The van der Waals surface area contributed by atoms with Crippen LogP contribution in [0, 0.1) is 0 Å². The lowest BCUT2D eigenvalue weighted by atomic mass is 9.84. The van der Waals surface area contributed by atoms with Gasteiger partial charge in [0.2, 0.25) is 0 Å². The van der Waals surface area contributed by atoms with E-state index in [4.69, 9.17) is 19.9 Å². The third kappa shape index (κ3) is 3.01. The lowest BCUT2D eigenvalue weighted by Crippen LogP contribution is -2.28. The van der Waals surface area contributed by atoms with Gasteiger partial charge >= 0.3 is 0 Å². The van der Waals surface area contributed by atoms with Crippen LogP contribution in [0.1, 0.15) is 38.8 Å². The number of nitrogens with two attached hydrogens (primary N) is 1. The zero-order valence-corrected chi connectivity index (χ0v) is 13.0. The lowest BCUT2D eigenvalue weighted by molar-refractivity contribution is -0.201. The number of anilines is 1. The highest BCUT2D eigenvalue weighted by atomic mass is 16.7. The minimum atomic E-state index is -0.819. The van der Waals surface area contributed by atoms with Crippen molar-refractivity contribution in [2.45, 2.75) is 38.9 Å². The van der Waals surface area contributed by atoms with Crippen molar-refractivity contribution in [3.05, 3.63) is 23.3 Å². The van der Waals surface area contributed by atoms with Gasteiger partial charge < -0.3 is 19.9 Å². The normalized spacial score (nSPS) is 12.6. The zero-order valence-electron chi connectivity index (χ0n) is 13.0. The Hall–Kier alpha value is -1.26. The van der Waals surface area contributed by atoms with E-state index in [1.54, 1.807) is 21.3 Å². The van der Waals surface area contributed by atoms with Crippen LogP contribution in [0.25, 0.3) is 0 Å². The van der Waals surface area contributed by atoms with E-state index in [1.165, 1.54) is 0 Å². The van der Waals surface area contributed by atoms with Gasteiger partial charge in [-0.3, -0.25) is 0 Å². The van der Waals surface area contributed by atoms with Crippen molar-refractivity contribution in [2.75, 3.05) is 27.1 Å². The van der Waals surface area contributed by atoms with Crippen LogP contribution < -0.4 is 10.5 Å². The Bertz CT molecular complexity index is 445. The average Bonchev–Trinajstić information content (AvgIpc) is 2.35. The third-order valence-electron chi connectivity index (χ3n) is 3.43. The van der Waals surface area contributed by atoms with Gasteiger partial charge in [0.25, 0.3) is 0 Å². The van der Waals surface area contributed by atoms with Crippen LogP contribution in [0.2, 0.25) is 0 Å². The number of ether oxygens (including phenoxy) is 3. The molecule has 0 aliphatic rings. The number of hydrogen-bond donors (Lipinski definition) is 1. The van der Waals surface area contributed by atoms with Gasteiger partial charge in [-0.1, -0.05) is 20.8 Å². The molecule has 0 radical (unpaired) electrons. The van der Waals surface area contributed by atoms with Gasteiger partial charge in [-0.05, 0) is 24.5 Å². The number of benzene rings is 1. The molecule has 0 atom stereocenters. The Balaban J connectivity index is 3.52. The fraction of sp³-hybridized carbons (Fsp3) is 0.600. The van der Waals surface area contributed by atoms with E-state index in [-0.39, 0.29) is 5.41 Å². The molecule has 19 heavy (non-hydrogen) atoms. The molecule has 0 spiro atoms. The Labute approximate surface area is 115 Å². The molecule has 4 nitrogen and oxygen atoms in total. The molecule has 0 saturated carbocycles. The molecule has 0 saturated heterocycles. The molecule has 0 fully saturated rings. The molecular formula is C15H25NO3. The summed E-state index contributed by atoms with van der Waals surface area (Å²) >= 11 is 0. The fourth-order valence-corrected chi connectivity index (χ4v) is 2.02. The van der Waals surface area contributed by atoms with Gasteiger partial charge in [0.05, 0.1) is 12.8 Å². The summed E-state index contributed by atoms with van der Waals surface area (Å²) in [5.41, 5.74) is 8.51. The van der Waals surface area contributed by atoms with Gasteiger partial charge in [-0.15, -0.1) is 0 Å². The number of methoxy groups -OCH3 is 3. The van der Waals surface area contributed by atoms with Crippen molar-refractivity contribution in [2.24, 2.45) is 0 Å². The summed E-state index contributed by atoms with van der Waals surface area (Å²) in [5, 5.41) is 0. The van der Waals surface area contributed by atoms with Crippen LogP contribution in [-0.2, 0) is 20.7 Å². The quantitative estimate of drug-likeness (QED) is 0.673. The van der Waals surface area contributed by atoms with E-state index in [0.717, 1.165) is 11.1 Å². The van der Waals surface area contributed by atoms with Crippen molar-refractivity contribution in [1.29, 1.82) is 0 Å². The molecule has 0 aliphatic carbocycles. The summed E-state index contributed by atoms with van der Waals surface area (Å²) < 4.78 is 16.3. The molecule has 2 N–H and O–H groups in total. The van der Waals surface area contributed by atoms with Crippen molar-refractivity contribution < 1.29 is 14.2 Å². The monoisotopic (exact) mass is 267 g/mol. The highest BCUT2D eigenvalue weighted by Gasteiger charge is 2.30. The molecule has 108 valence electrons. The molecule has 0 bridgehead atoms. The van der Waals surface area contributed by atoms with E-state index < -0.39 is 5.79 Å². The smallest absolute Gasteiger partial charge is 0.191 e. The van der Waals surface area contributed by atoms with E-state index in [2.05, 4.69) is 20.8 Å². The topological polar surface area (TPSA) is 53.7 Å². The standard InChI is InChI=1S/C15H25NO3/c1-14(2,3)11-8-10(15(4,18-6)19-7)9-12(16)13(11)17-5/h8-9H,16H2,1-7H3. The number of rotatable bonds is 4. The first-order valence-electron chi connectivity index (χ1n) is 6.28. The number of nitrogen functional groups attached to an aromatic ring is 1. The summed E-state index contributed by atoms with van der Waals surface area (Å²) in [6, 6.07) is 3.86. The van der Waals surface area contributed by atoms with Crippen LogP contribution in [0.5, 0.6) is 5.75 Å². The SMILES string of the molecule is COc1c(N)cc(C(C)(OC)OC)cc1C(C)(C)C. The molecule has 1 rings (SSSR count). The highest BCUT2D eigenvalue weighted by Crippen LogP contribution is 2.40. The molecule has 1 aromatic carbocycles. The minimum Gasteiger partial charge on any atom is -0.494 e. The largest absolute Gasteiger partial charge is 0.494 e. The van der Waals surface area contributed by atoms with Gasteiger partial charge in [0, 0.05) is 25.3 Å². The van der Waals surface area contributed by atoms with Crippen LogP contribution >= 0.6 is 0 Å². The molecule has 1 aromatic rings. The van der Waals surface area contributed by atoms with Crippen molar-refractivity contribution in [3.8, 4) is 5.75 Å². The van der Waals surface area contributed by atoms with Crippen LogP contribution in [0.4, 0.5) is 5.69 Å². The molecule has 0 aliphatic heterocycles. The molecule has 0 aromatic heterocycles. The fourth-order valence-electron chi connectivity index (χ4n) is 2.02. The second kappa shape index (κ2) is 5.39. The number of hydrogen-bond acceptors (Lipinski definition) is 4. The summed E-state index contributed by atoms with van der Waals surface area (Å²) in [6.45, 7) is 8.21. The first kappa shape index (κ1) is 15.8. The maximum Gasteiger partial charge on any atom is 0.191 e. The molecule has 0 amide bonds. The summed E-state index contributed by atoms with van der Waals surface area (Å²) in [5.74, 6) is -0.105. The Morgan fingerprint density at radius 2 is 1.47 bits per heavy atom. The Morgan fingerprint density at radius 3 is 1.84 bits per heavy atom. The second-order valence-electron chi connectivity index (χ2n) is 5.75. The lowest BCUT2D eigenvalue weighted by Gasteiger charge is -2.30. The van der Waals surface area contributed by atoms with Gasteiger partial charge in [0.1, 0.15) is 5.75 Å². The van der Waals surface area contributed by atoms with Crippen molar-refractivity contribution in [3.63, 3.8) is 0 Å². The first-order valence-corrected chi connectivity index (χ1v) is 6.28. The zero-order chi connectivity index (χ0) is 14.8. The van der Waals surface area contributed by atoms with Gasteiger partial charge in [-0.25, -0.2) is 0 Å². The van der Waals surface area contributed by atoms with E-state index in [1.807, 2.05) is 19.1 Å². The third-order valence-corrected chi connectivity index (χ3v) is 3.43. The molecular weight excluding hydrogens is 242 g/mol. The van der Waals surface area contributed by atoms with Crippen LogP contribution in [0.3, 0.4) is 0 Å². The highest BCUT2D eigenvalue weighted by molar-refractivity contribution is 5.61. The summed E-state index contributed by atoms with van der Waals surface area (Å²) in [7, 11) is 4.85. The predicted molar refractivity (Wildman–Crippen MR) is 77.5 cm³/mol. The van der Waals surface area contributed by atoms with Gasteiger partial charge in [0.15, 0.2) is 5.79 Å².